The van der Waals surface area contributed by atoms with Crippen molar-refractivity contribution in [1.82, 2.24) is 4.90 Å². The normalized spacial score (nSPS) is 10.2. The molecule has 0 heterocycles. The summed E-state index contributed by atoms with van der Waals surface area (Å²) in [5.74, 6) is -1.07. The molecule has 0 spiro atoms. The number of aliphatic carboxylic acids is 1. The smallest absolute Gasteiger partial charge is 0.305 e. The van der Waals surface area contributed by atoms with Crippen LogP contribution < -0.4 is 0 Å². The molecule has 0 aliphatic heterocycles. The van der Waals surface area contributed by atoms with E-state index in [1.54, 1.807) is 19.2 Å². The number of nitrogens with zero attached hydrogens (tertiary/aromatic N) is 1. The zero-order valence-corrected chi connectivity index (χ0v) is 11.3. The highest BCUT2D eigenvalue weighted by Gasteiger charge is 2.17. The molecule has 1 N–H and O–H groups in total. The van der Waals surface area contributed by atoms with Crippen molar-refractivity contribution in [3.63, 3.8) is 0 Å². The van der Waals surface area contributed by atoms with Gasteiger partial charge < -0.3 is 14.7 Å². The second kappa shape index (κ2) is 7.53. The summed E-state index contributed by atoms with van der Waals surface area (Å²) < 4.78 is 4.95. The lowest BCUT2D eigenvalue weighted by Crippen LogP contribution is -2.36. The van der Waals surface area contributed by atoms with Gasteiger partial charge in [-0.1, -0.05) is 18.2 Å². The van der Waals surface area contributed by atoms with Crippen LogP contribution in [0.5, 0.6) is 0 Å². The number of aryl methyl sites for hydroxylation is 1. The Morgan fingerprint density at radius 2 is 1.95 bits per heavy atom. The molecule has 0 aliphatic carbocycles. The Kier molecular flexibility index (Phi) is 6.02. The summed E-state index contributed by atoms with van der Waals surface area (Å²) >= 11 is 0. The van der Waals surface area contributed by atoms with Gasteiger partial charge in [0.2, 0.25) is 0 Å². The predicted octanol–water partition coefficient (Wildman–Crippen LogP) is 1.56. The van der Waals surface area contributed by atoms with Crippen LogP contribution in [0.2, 0.25) is 0 Å². The van der Waals surface area contributed by atoms with Gasteiger partial charge in [0.15, 0.2) is 0 Å². The molecule has 0 aliphatic rings. The van der Waals surface area contributed by atoms with Gasteiger partial charge in [-0.3, -0.25) is 9.59 Å². The van der Waals surface area contributed by atoms with Gasteiger partial charge in [-0.05, 0) is 18.6 Å². The van der Waals surface area contributed by atoms with Crippen LogP contribution in [0.15, 0.2) is 24.3 Å². The summed E-state index contributed by atoms with van der Waals surface area (Å²) in [7, 11) is 1.55. The minimum atomic E-state index is -0.917. The Morgan fingerprint density at radius 3 is 2.53 bits per heavy atom. The van der Waals surface area contributed by atoms with Crippen molar-refractivity contribution in [3.05, 3.63) is 35.4 Å². The number of hydrogen-bond donors (Lipinski definition) is 1. The van der Waals surface area contributed by atoms with Crippen LogP contribution in [0.4, 0.5) is 0 Å². The van der Waals surface area contributed by atoms with Gasteiger partial charge >= 0.3 is 5.97 Å². The van der Waals surface area contributed by atoms with Crippen LogP contribution in [0.25, 0.3) is 0 Å². The van der Waals surface area contributed by atoms with E-state index >= 15 is 0 Å². The number of carbonyl (C=O) groups excluding carboxylic acids is 1. The zero-order chi connectivity index (χ0) is 14.3. The third-order valence-corrected chi connectivity index (χ3v) is 2.82. The first-order valence-corrected chi connectivity index (χ1v) is 6.12. The van der Waals surface area contributed by atoms with E-state index < -0.39 is 5.97 Å². The monoisotopic (exact) mass is 265 g/mol. The zero-order valence-electron chi connectivity index (χ0n) is 11.3. The molecule has 0 bridgehead atoms. The summed E-state index contributed by atoms with van der Waals surface area (Å²) in [5, 5.41) is 8.73. The molecule has 0 fully saturated rings. The molecule has 1 amide bonds. The maximum atomic E-state index is 12.4. The number of carboxylic acids is 1. The molecule has 1 aromatic carbocycles. The molecule has 1 rings (SSSR count). The van der Waals surface area contributed by atoms with E-state index in [1.807, 2.05) is 19.1 Å². The number of ether oxygens (including phenoxy) is 1. The average molecular weight is 265 g/mol. The number of carboxylic acid groups (broad SMARTS) is 1. The van der Waals surface area contributed by atoms with Crippen LogP contribution >= 0.6 is 0 Å². The standard InChI is InChI=1S/C14H19NO4/c1-11-5-3-4-6-12(11)14(18)15(9-10-19-2)8-7-13(16)17/h3-6H,7-10H2,1-2H3,(H,16,17). The fourth-order valence-corrected chi connectivity index (χ4v) is 1.73. The minimum Gasteiger partial charge on any atom is -0.481 e. The van der Waals surface area contributed by atoms with Gasteiger partial charge in [-0.2, -0.15) is 0 Å². The summed E-state index contributed by atoms with van der Waals surface area (Å²) in [5.41, 5.74) is 1.48. The van der Waals surface area contributed by atoms with Gasteiger partial charge in [0, 0.05) is 25.8 Å². The molecule has 0 atom stereocenters. The molecule has 1 aromatic rings. The molecular weight excluding hydrogens is 246 g/mol. The molecule has 0 saturated heterocycles. The lowest BCUT2D eigenvalue weighted by Gasteiger charge is -2.22. The van der Waals surface area contributed by atoms with Gasteiger partial charge in [0.1, 0.15) is 0 Å². The van der Waals surface area contributed by atoms with Crippen LogP contribution in [0, 0.1) is 6.92 Å². The Morgan fingerprint density at radius 1 is 1.26 bits per heavy atom. The topological polar surface area (TPSA) is 66.8 Å². The number of rotatable bonds is 7. The molecule has 0 unspecified atom stereocenters. The van der Waals surface area contributed by atoms with E-state index in [4.69, 9.17) is 9.84 Å². The molecule has 0 aromatic heterocycles. The van der Waals surface area contributed by atoms with Crippen LogP contribution in [-0.4, -0.2) is 48.7 Å². The maximum Gasteiger partial charge on any atom is 0.305 e. The van der Waals surface area contributed by atoms with Crippen molar-refractivity contribution < 1.29 is 19.4 Å². The van der Waals surface area contributed by atoms with Crippen molar-refractivity contribution in [2.75, 3.05) is 26.8 Å². The lowest BCUT2D eigenvalue weighted by molar-refractivity contribution is -0.137. The summed E-state index contributed by atoms with van der Waals surface area (Å²) in [6.45, 7) is 2.82. The SMILES string of the molecule is COCCN(CCC(=O)O)C(=O)c1ccccc1C. The number of hydrogen-bond acceptors (Lipinski definition) is 3. The number of carbonyl (C=O) groups is 2. The molecule has 19 heavy (non-hydrogen) atoms. The first-order valence-electron chi connectivity index (χ1n) is 6.12. The molecule has 0 saturated carbocycles. The van der Waals surface area contributed by atoms with E-state index in [2.05, 4.69) is 0 Å². The fraction of sp³-hybridized carbons (Fsp3) is 0.429. The van der Waals surface area contributed by atoms with Crippen LogP contribution in [0.1, 0.15) is 22.3 Å². The van der Waals surface area contributed by atoms with Gasteiger partial charge in [0.25, 0.3) is 5.91 Å². The van der Waals surface area contributed by atoms with E-state index in [9.17, 15) is 9.59 Å². The molecular formula is C14H19NO4. The molecule has 0 radical (unpaired) electrons. The first kappa shape index (κ1) is 15.2. The van der Waals surface area contributed by atoms with Crippen molar-refractivity contribution in [2.24, 2.45) is 0 Å². The van der Waals surface area contributed by atoms with Crippen molar-refractivity contribution >= 4 is 11.9 Å². The van der Waals surface area contributed by atoms with Crippen LogP contribution in [-0.2, 0) is 9.53 Å². The van der Waals surface area contributed by atoms with Gasteiger partial charge in [-0.15, -0.1) is 0 Å². The minimum absolute atomic E-state index is 0.0681. The molecule has 5 heteroatoms. The summed E-state index contributed by atoms with van der Waals surface area (Å²) in [6.07, 6.45) is -0.0681. The summed E-state index contributed by atoms with van der Waals surface area (Å²) in [4.78, 5) is 24.5. The second-order valence-electron chi connectivity index (χ2n) is 4.24. The highest BCUT2D eigenvalue weighted by atomic mass is 16.5. The van der Waals surface area contributed by atoms with E-state index in [-0.39, 0.29) is 18.9 Å². The highest BCUT2D eigenvalue weighted by molar-refractivity contribution is 5.95. The number of amides is 1. The van der Waals surface area contributed by atoms with Crippen molar-refractivity contribution in [1.29, 1.82) is 0 Å². The third kappa shape index (κ3) is 4.71. The summed E-state index contributed by atoms with van der Waals surface area (Å²) in [6, 6.07) is 7.27. The van der Waals surface area contributed by atoms with Gasteiger partial charge in [0.05, 0.1) is 13.0 Å². The maximum absolute atomic E-state index is 12.4. The van der Waals surface area contributed by atoms with Gasteiger partial charge in [-0.25, -0.2) is 0 Å². The Hall–Kier alpha value is -1.88. The Labute approximate surface area is 112 Å². The molecule has 5 nitrogen and oxygen atoms in total. The predicted molar refractivity (Wildman–Crippen MR) is 71.2 cm³/mol. The number of methoxy groups -OCH3 is 1. The lowest BCUT2D eigenvalue weighted by atomic mass is 10.1. The average Bonchev–Trinajstić information content (AvgIpc) is 2.38. The molecule has 104 valence electrons. The van der Waals surface area contributed by atoms with E-state index in [1.165, 1.54) is 4.90 Å². The highest BCUT2D eigenvalue weighted by Crippen LogP contribution is 2.11. The van der Waals surface area contributed by atoms with Crippen molar-refractivity contribution in [3.8, 4) is 0 Å². The fourth-order valence-electron chi connectivity index (χ4n) is 1.73. The third-order valence-electron chi connectivity index (χ3n) is 2.82. The quantitative estimate of drug-likeness (QED) is 0.812. The van der Waals surface area contributed by atoms with E-state index in [0.29, 0.717) is 18.7 Å². The largest absolute Gasteiger partial charge is 0.481 e. The first-order chi connectivity index (χ1) is 9.06. The number of benzene rings is 1. The van der Waals surface area contributed by atoms with E-state index in [0.717, 1.165) is 5.56 Å². The van der Waals surface area contributed by atoms with Crippen molar-refractivity contribution in [2.45, 2.75) is 13.3 Å². The Balaban J connectivity index is 2.81. The van der Waals surface area contributed by atoms with Crippen LogP contribution in [0.3, 0.4) is 0 Å². The Bertz CT molecular complexity index is 445. The second-order valence-corrected chi connectivity index (χ2v) is 4.24.